The Morgan fingerprint density at radius 2 is 2.11 bits per heavy atom. The molecule has 2 heterocycles. The molecule has 19 heavy (non-hydrogen) atoms. The van der Waals surface area contributed by atoms with Crippen LogP contribution in [0.4, 0.5) is 17.6 Å². The number of aromatic nitrogens is 3. The molecule has 0 bridgehead atoms. The fraction of sp³-hybridized carbons (Fsp3) is 0.308. The van der Waals surface area contributed by atoms with Gasteiger partial charge in [0.2, 0.25) is 5.95 Å². The molecule has 6 nitrogen and oxygen atoms in total. The van der Waals surface area contributed by atoms with Crippen LogP contribution in [0.5, 0.6) is 0 Å². The van der Waals surface area contributed by atoms with E-state index in [0.717, 1.165) is 17.2 Å². The van der Waals surface area contributed by atoms with Crippen LogP contribution >= 0.6 is 0 Å². The zero-order chi connectivity index (χ0) is 13.1. The highest BCUT2D eigenvalue weighted by molar-refractivity contribution is 5.52. The first-order valence-corrected chi connectivity index (χ1v) is 6.33. The molecule has 0 unspecified atom stereocenters. The van der Waals surface area contributed by atoms with Crippen molar-refractivity contribution in [1.29, 1.82) is 0 Å². The minimum Gasteiger partial charge on any atom is -0.368 e. The second-order valence-corrected chi connectivity index (χ2v) is 4.63. The molecule has 98 valence electrons. The van der Waals surface area contributed by atoms with Gasteiger partial charge in [-0.1, -0.05) is 6.07 Å². The summed E-state index contributed by atoms with van der Waals surface area (Å²) >= 11 is 0. The van der Waals surface area contributed by atoms with Crippen LogP contribution < -0.4 is 16.4 Å². The van der Waals surface area contributed by atoms with E-state index < -0.39 is 0 Å². The van der Waals surface area contributed by atoms with E-state index in [1.54, 1.807) is 6.20 Å². The maximum absolute atomic E-state index is 5.71. The molecule has 0 radical (unpaired) electrons. The van der Waals surface area contributed by atoms with E-state index in [1.807, 2.05) is 24.4 Å². The highest BCUT2D eigenvalue weighted by Crippen LogP contribution is 2.24. The fourth-order valence-electron chi connectivity index (χ4n) is 1.76. The summed E-state index contributed by atoms with van der Waals surface area (Å²) in [7, 11) is 0. The van der Waals surface area contributed by atoms with Crippen molar-refractivity contribution in [3.05, 3.63) is 36.2 Å². The predicted molar refractivity (Wildman–Crippen MR) is 74.7 cm³/mol. The number of nitrogens with two attached hydrogens (primary N) is 1. The normalized spacial score (nSPS) is 14.1. The Balaban J connectivity index is 1.67. The van der Waals surface area contributed by atoms with Gasteiger partial charge in [-0.2, -0.15) is 9.97 Å². The Labute approximate surface area is 111 Å². The Morgan fingerprint density at radius 1 is 1.26 bits per heavy atom. The third-order valence-corrected chi connectivity index (χ3v) is 2.87. The highest BCUT2D eigenvalue weighted by atomic mass is 15.1. The molecule has 1 aliphatic rings. The fourth-order valence-corrected chi connectivity index (χ4v) is 1.76. The summed E-state index contributed by atoms with van der Waals surface area (Å²) in [5.41, 5.74) is 6.80. The molecule has 2 aromatic rings. The lowest BCUT2D eigenvalue weighted by molar-refractivity contribution is 1.05. The lowest BCUT2D eigenvalue weighted by Crippen LogP contribution is -2.09. The van der Waals surface area contributed by atoms with E-state index in [0.29, 0.717) is 12.6 Å². The van der Waals surface area contributed by atoms with Crippen molar-refractivity contribution in [2.75, 3.05) is 16.4 Å². The number of hydrogen-bond donors (Lipinski definition) is 3. The van der Waals surface area contributed by atoms with E-state index in [2.05, 4.69) is 25.6 Å². The molecule has 0 aromatic carbocycles. The van der Waals surface area contributed by atoms with Gasteiger partial charge in [0.1, 0.15) is 11.6 Å². The molecule has 0 amide bonds. The third-order valence-electron chi connectivity index (χ3n) is 2.87. The number of rotatable bonds is 5. The smallest absolute Gasteiger partial charge is 0.223 e. The molecule has 0 saturated heterocycles. The second-order valence-electron chi connectivity index (χ2n) is 4.63. The van der Waals surface area contributed by atoms with E-state index >= 15 is 0 Å². The van der Waals surface area contributed by atoms with Crippen molar-refractivity contribution in [2.45, 2.75) is 25.4 Å². The Bertz CT molecular complexity index is 552. The predicted octanol–water partition coefficient (Wildman–Crippen LogP) is 1.64. The van der Waals surface area contributed by atoms with Gasteiger partial charge < -0.3 is 16.4 Å². The Morgan fingerprint density at radius 3 is 2.84 bits per heavy atom. The van der Waals surface area contributed by atoms with E-state index in [-0.39, 0.29) is 5.95 Å². The van der Waals surface area contributed by atoms with Crippen molar-refractivity contribution >= 4 is 17.6 Å². The standard InChI is InChI=1S/C13H16N6/c14-13-18-11(6-12(19-13)17-10-3-4-10)16-8-9-2-1-5-15-7-9/h1-2,5-7,10H,3-4,8H2,(H4,14,16,17,18,19). The highest BCUT2D eigenvalue weighted by Gasteiger charge is 2.21. The van der Waals surface area contributed by atoms with Gasteiger partial charge >= 0.3 is 0 Å². The molecule has 0 atom stereocenters. The summed E-state index contributed by atoms with van der Waals surface area (Å²) in [6, 6.07) is 6.34. The molecule has 6 heteroatoms. The molecule has 1 saturated carbocycles. The molecule has 0 spiro atoms. The van der Waals surface area contributed by atoms with Gasteiger partial charge in [0.05, 0.1) is 0 Å². The average molecular weight is 256 g/mol. The van der Waals surface area contributed by atoms with Gasteiger partial charge in [-0.3, -0.25) is 4.98 Å². The summed E-state index contributed by atoms with van der Waals surface area (Å²) in [4.78, 5) is 12.4. The molecular weight excluding hydrogens is 240 g/mol. The van der Waals surface area contributed by atoms with Crippen molar-refractivity contribution in [3.8, 4) is 0 Å². The Kier molecular flexibility index (Phi) is 3.14. The van der Waals surface area contributed by atoms with Gasteiger partial charge in [0.15, 0.2) is 0 Å². The SMILES string of the molecule is Nc1nc(NCc2cccnc2)cc(NC2CC2)n1. The maximum atomic E-state index is 5.71. The first-order valence-electron chi connectivity index (χ1n) is 6.33. The van der Waals surface area contributed by atoms with Crippen LogP contribution in [0.1, 0.15) is 18.4 Å². The van der Waals surface area contributed by atoms with Crippen molar-refractivity contribution in [3.63, 3.8) is 0 Å². The lowest BCUT2D eigenvalue weighted by atomic mass is 10.3. The number of nitrogens with zero attached hydrogens (tertiary/aromatic N) is 3. The van der Waals surface area contributed by atoms with Crippen LogP contribution in [0.15, 0.2) is 30.6 Å². The number of anilines is 3. The lowest BCUT2D eigenvalue weighted by Gasteiger charge is -2.09. The molecule has 1 aliphatic carbocycles. The topological polar surface area (TPSA) is 88.8 Å². The largest absolute Gasteiger partial charge is 0.368 e. The molecule has 0 aliphatic heterocycles. The summed E-state index contributed by atoms with van der Waals surface area (Å²) in [6.07, 6.45) is 5.97. The minimum absolute atomic E-state index is 0.277. The monoisotopic (exact) mass is 256 g/mol. The summed E-state index contributed by atoms with van der Waals surface area (Å²) in [5.74, 6) is 1.78. The molecular formula is C13H16N6. The first kappa shape index (κ1) is 11.7. The number of pyridine rings is 1. The summed E-state index contributed by atoms with van der Waals surface area (Å²) < 4.78 is 0. The van der Waals surface area contributed by atoms with Crippen LogP contribution in [-0.2, 0) is 6.54 Å². The van der Waals surface area contributed by atoms with Crippen LogP contribution in [0.25, 0.3) is 0 Å². The number of nitrogens with one attached hydrogen (secondary N) is 2. The van der Waals surface area contributed by atoms with Crippen LogP contribution in [0.3, 0.4) is 0 Å². The third kappa shape index (κ3) is 3.31. The molecule has 2 aromatic heterocycles. The number of hydrogen-bond acceptors (Lipinski definition) is 6. The minimum atomic E-state index is 0.277. The first-order chi connectivity index (χ1) is 9.29. The zero-order valence-electron chi connectivity index (χ0n) is 10.5. The van der Waals surface area contributed by atoms with Gasteiger partial charge in [-0.05, 0) is 24.5 Å². The second kappa shape index (κ2) is 5.09. The van der Waals surface area contributed by atoms with Crippen LogP contribution in [0, 0.1) is 0 Å². The van der Waals surface area contributed by atoms with Gasteiger partial charge in [0.25, 0.3) is 0 Å². The zero-order valence-corrected chi connectivity index (χ0v) is 10.5. The summed E-state index contributed by atoms with van der Waals surface area (Å²) in [5, 5.41) is 6.54. The molecule has 3 rings (SSSR count). The van der Waals surface area contributed by atoms with Crippen molar-refractivity contribution in [1.82, 2.24) is 15.0 Å². The van der Waals surface area contributed by atoms with Gasteiger partial charge in [-0.15, -0.1) is 0 Å². The maximum Gasteiger partial charge on any atom is 0.223 e. The quantitative estimate of drug-likeness (QED) is 0.753. The summed E-state index contributed by atoms with van der Waals surface area (Å²) in [6.45, 7) is 0.660. The molecule has 1 fully saturated rings. The van der Waals surface area contributed by atoms with Crippen molar-refractivity contribution < 1.29 is 0 Å². The van der Waals surface area contributed by atoms with Crippen LogP contribution in [0.2, 0.25) is 0 Å². The van der Waals surface area contributed by atoms with Crippen molar-refractivity contribution in [2.24, 2.45) is 0 Å². The number of nitrogen functional groups attached to an aromatic ring is 1. The van der Waals surface area contributed by atoms with E-state index in [4.69, 9.17) is 5.73 Å². The van der Waals surface area contributed by atoms with Crippen LogP contribution in [-0.4, -0.2) is 21.0 Å². The average Bonchev–Trinajstić information content (AvgIpc) is 3.21. The van der Waals surface area contributed by atoms with E-state index in [1.165, 1.54) is 12.8 Å². The van der Waals surface area contributed by atoms with Gasteiger partial charge in [-0.25, -0.2) is 0 Å². The molecule has 4 N–H and O–H groups in total. The Hall–Kier alpha value is -2.37. The van der Waals surface area contributed by atoms with E-state index in [9.17, 15) is 0 Å². The van der Waals surface area contributed by atoms with Gasteiger partial charge in [0, 0.05) is 31.0 Å².